The van der Waals surface area contributed by atoms with Crippen LogP contribution in [0.4, 0.5) is 4.39 Å². The first-order valence-corrected chi connectivity index (χ1v) is 6.14. The molecule has 1 aliphatic rings. The summed E-state index contributed by atoms with van der Waals surface area (Å²) in [5, 5.41) is 48.7. The molecule has 0 aromatic carbocycles. The summed E-state index contributed by atoms with van der Waals surface area (Å²) in [7, 11) is 0. The van der Waals surface area contributed by atoms with Gasteiger partial charge in [-0.1, -0.05) is 0 Å². The van der Waals surface area contributed by atoms with Crippen molar-refractivity contribution in [3.05, 3.63) is 0 Å². The van der Waals surface area contributed by atoms with Crippen LogP contribution in [0.1, 0.15) is 13.3 Å². The number of aliphatic carboxylic acids is 1. The molecule has 1 rings (SSSR count). The molecule has 1 amide bonds. The summed E-state index contributed by atoms with van der Waals surface area (Å²) in [6.07, 6.45) is -8.56. The Kier molecular flexibility index (Phi) is 5.59. The molecule has 1 fully saturated rings. The Morgan fingerprint density at radius 3 is 2.52 bits per heavy atom. The topological polar surface area (TPSA) is 157 Å². The van der Waals surface area contributed by atoms with Gasteiger partial charge in [0.15, 0.2) is 6.17 Å². The second-order valence-electron chi connectivity index (χ2n) is 4.86. The molecule has 21 heavy (non-hydrogen) atoms. The molecule has 0 radical (unpaired) electrons. The third-order valence-corrected chi connectivity index (χ3v) is 3.16. The second kappa shape index (κ2) is 6.62. The van der Waals surface area contributed by atoms with Gasteiger partial charge in [-0.15, -0.1) is 0 Å². The maximum absolute atomic E-state index is 14.1. The van der Waals surface area contributed by atoms with Gasteiger partial charge in [-0.3, -0.25) is 4.79 Å². The largest absolute Gasteiger partial charge is 0.477 e. The molecule has 10 heteroatoms. The normalized spacial score (nSPS) is 35.8. The first kappa shape index (κ1) is 17.7. The lowest BCUT2D eigenvalue weighted by Gasteiger charge is -2.43. The standard InChI is InChI=1S/C11H18FNO8/c1-4(15)13-8-5(16)2-11(20,10(18)19)21-9(8)7(12)6(17)3-14/h5-9,14,16-17,20H,2-3H2,1H3,(H,13,15)(H,18,19)/t5-,6?,7?,8-,9?,11+/m1/s1. The van der Waals surface area contributed by atoms with E-state index in [2.05, 4.69) is 5.32 Å². The molecule has 122 valence electrons. The minimum Gasteiger partial charge on any atom is -0.477 e. The summed E-state index contributed by atoms with van der Waals surface area (Å²) < 4.78 is 18.8. The number of halogens is 1. The number of nitrogens with one attached hydrogen (secondary N) is 1. The van der Waals surface area contributed by atoms with Crippen molar-refractivity contribution in [1.82, 2.24) is 5.32 Å². The fourth-order valence-electron chi connectivity index (χ4n) is 2.11. The SMILES string of the molecule is CC(=O)N[C@H]1C(C(F)C(O)CO)O[C@](O)(C(=O)O)C[C@H]1O. The van der Waals surface area contributed by atoms with Crippen molar-refractivity contribution < 1.29 is 44.2 Å². The van der Waals surface area contributed by atoms with Gasteiger partial charge in [-0.2, -0.15) is 0 Å². The van der Waals surface area contributed by atoms with Gasteiger partial charge in [0.2, 0.25) is 5.91 Å². The zero-order chi connectivity index (χ0) is 16.4. The van der Waals surface area contributed by atoms with Crippen molar-refractivity contribution >= 4 is 11.9 Å². The number of hydrogen-bond donors (Lipinski definition) is 6. The van der Waals surface area contributed by atoms with Crippen LogP contribution >= 0.6 is 0 Å². The number of hydrogen-bond acceptors (Lipinski definition) is 7. The minimum atomic E-state index is -2.86. The zero-order valence-corrected chi connectivity index (χ0v) is 11.1. The second-order valence-corrected chi connectivity index (χ2v) is 4.86. The lowest BCUT2D eigenvalue weighted by molar-refractivity contribution is -0.289. The van der Waals surface area contributed by atoms with Crippen LogP contribution in [0.3, 0.4) is 0 Å². The van der Waals surface area contributed by atoms with Crippen molar-refractivity contribution in [3.8, 4) is 0 Å². The van der Waals surface area contributed by atoms with E-state index in [9.17, 15) is 29.3 Å². The molecule has 1 saturated heterocycles. The number of carboxylic acids is 1. The summed E-state index contributed by atoms with van der Waals surface area (Å²) in [6, 6.07) is -1.39. The van der Waals surface area contributed by atoms with Gasteiger partial charge < -0.3 is 35.6 Å². The number of aliphatic hydroxyl groups is 4. The smallest absolute Gasteiger partial charge is 0.364 e. The Balaban J connectivity index is 3.07. The van der Waals surface area contributed by atoms with Gasteiger partial charge >= 0.3 is 5.97 Å². The lowest BCUT2D eigenvalue weighted by Crippen LogP contribution is -2.66. The first-order chi connectivity index (χ1) is 9.62. The molecule has 0 bridgehead atoms. The predicted molar refractivity (Wildman–Crippen MR) is 63.7 cm³/mol. The molecular weight excluding hydrogens is 293 g/mol. The zero-order valence-electron chi connectivity index (χ0n) is 11.1. The molecule has 1 heterocycles. The first-order valence-electron chi connectivity index (χ1n) is 6.14. The van der Waals surface area contributed by atoms with Crippen LogP contribution in [-0.4, -0.2) is 80.3 Å². The number of carbonyl (C=O) groups is 2. The van der Waals surface area contributed by atoms with Gasteiger partial charge in [0.05, 0.1) is 18.8 Å². The average molecular weight is 311 g/mol. The number of alkyl halides is 1. The summed E-state index contributed by atoms with van der Waals surface area (Å²) in [4.78, 5) is 22.0. The highest BCUT2D eigenvalue weighted by Gasteiger charge is 2.54. The van der Waals surface area contributed by atoms with Gasteiger partial charge in [0, 0.05) is 13.3 Å². The van der Waals surface area contributed by atoms with E-state index < -0.39 is 61.2 Å². The maximum atomic E-state index is 14.1. The Bertz CT molecular complexity index is 408. The van der Waals surface area contributed by atoms with E-state index >= 15 is 0 Å². The van der Waals surface area contributed by atoms with Gasteiger partial charge in [0.1, 0.15) is 12.2 Å². The van der Waals surface area contributed by atoms with Crippen molar-refractivity contribution in [2.75, 3.05) is 6.61 Å². The van der Waals surface area contributed by atoms with E-state index in [-0.39, 0.29) is 0 Å². The molecule has 0 spiro atoms. The fraction of sp³-hybridized carbons (Fsp3) is 0.818. The average Bonchev–Trinajstić information content (AvgIpc) is 2.39. The number of ether oxygens (including phenoxy) is 1. The van der Waals surface area contributed by atoms with Crippen LogP contribution in [0, 0.1) is 0 Å². The molecule has 1 aliphatic heterocycles. The van der Waals surface area contributed by atoms with E-state index in [4.69, 9.17) is 14.9 Å². The van der Waals surface area contributed by atoms with E-state index in [0.717, 1.165) is 6.92 Å². The van der Waals surface area contributed by atoms with Gasteiger partial charge in [-0.05, 0) is 0 Å². The lowest BCUT2D eigenvalue weighted by atomic mass is 9.89. The minimum absolute atomic E-state index is 0.654. The van der Waals surface area contributed by atoms with E-state index in [0.29, 0.717) is 0 Å². The molecule has 0 aromatic heterocycles. The van der Waals surface area contributed by atoms with Gasteiger partial charge in [0.25, 0.3) is 5.79 Å². The molecule has 6 N–H and O–H groups in total. The van der Waals surface area contributed by atoms with Crippen LogP contribution in [0.25, 0.3) is 0 Å². The van der Waals surface area contributed by atoms with Crippen LogP contribution in [0.15, 0.2) is 0 Å². The molecule has 0 saturated carbocycles. The highest BCUT2D eigenvalue weighted by molar-refractivity contribution is 5.76. The highest BCUT2D eigenvalue weighted by atomic mass is 19.1. The third kappa shape index (κ3) is 3.86. The molecular formula is C11H18FNO8. The maximum Gasteiger partial charge on any atom is 0.364 e. The van der Waals surface area contributed by atoms with Crippen molar-refractivity contribution in [3.63, 3.8) is 0 Å². The summed E-state index contributed by atoms with van der Waals surface area (Å²) in [5.41, 5.74) is 0. The Hall–Kier alpha value is -1.33. The van der Waals surface area contributed by atoms with E-state index in [1.807, 2.05) is 0 Å². The van der Waals surface area contributed by atoms with E-state index in [1.54, 1.807) is 0 Å². The number of carbonyl (C=O) groups excluding carboxylic acids is 1. The molecule has 9 nitrogen and oxygen atoms in total. The Morgan fingerprint density at radius 1 is 1.52 bits per heavy atom. The Labute approximate surface area is 119 Å². The van der Waals surface area contributed by atoms with Crippen molar-refractivity contribution in [2.24, 2.45) is 0 Å². The number of aliphatic hydroxyl groups excluding tert-OH is 3. The van der Waals surface area contributed by atoms with Crippen LogP contribution < -0.4 is 5.32 Å². The van der Waals surface area contributed by atoms with Crippen molar-refractivity contribution in [2.45, 2.75) is 49.7 Å². The summed E-state index contributed by atoms with van der Waals surface area (Å²) >= 11 is 0. The number of rotatable bonds is 5. The van der Waals surface area contributed by atoms with Crippen LogP contribution in [0.2, 0.25) is 0 Å². The third-order valence-electron chi connectivity index (χ3n) is 3.16. The highest BCUT2D eigenvalue weighted by Crippen LogP contribution is 2.31. The van der Waals surface area contributed by atoms with Gasteiger partial charge in [-0.25, -0.2) is 9.18 Å². The fourth-order valence-corrected chi connectivity index (χ4v) is 2.11. The quantitative estimate of drug-likeness (QED) is 0.316. The summed E-state index contributed by atoms with van der Waals surface area (Å²) in [6.45, 7) is 0.0902. The Morgan fingerprint density at radius 2 is 2.10 bits per heavy atom. The molecule has 0 aliphatic carbocycles. The van der Waals surface area contributed by atoms with E-state index in [1.165, 1.54) is 0 Å². The van der Waals surface area contributed by atoms with Crippen LogP contribution in [0.5, 0.6) is 0 Å². The predicted octanol–water partition coefficient (Wildman–Crippen LogP) is -2.89. The summed E-state index contributed by atoms with van der Waals surface area (Å²) in [5.74, 6) is -5.36. The van der Waals surface area contributed by atoms with Crippen LogP contribution in [-0.2, 0) is 14.3 Å². The number of carboxylic acid groups (broad SMARTS) is 1. The molecule has 3 unspecified atom stereocenters. The van der Waals surface area contributed by atoms with Crippen molar-refractivity contribution in [1.29, 1.82) is 0 Å². The molecule has 6 atom stereocenters. The number of amides is 1. The monoisotopic (exact) mass is 311 g/mol. The molecule has 0 aromatic rings.